The molecule has 0 saturated carbocycles. The van der Waals surface area contributed by atoms with Crippen molar-refractivity contribution in [1.29, 1.82) is 0 Å². The van der Waals surface area contributed by atoms with Gasteiger partial charge in [-0.05, 0) is 25.7 Å². The smallest absolute Gasteiger partial charge is 0.317 e. The first-order chi connectivity index (χ1) is 6.59. The van der Waals surface area contributed by atoms with Gasteiger partial charge in [0, 0.05) is 25.7 Å². The van der Waals surface area contributed by atoms with Gasteiger partial charge >= 0.3 is 6.03 Å². The van der Waals surface area contributed by atoms with E-state index in [2.05, 4.69) is 12.2 Å². The number of carbonyl (C=O) groups excluding carboxylic acids is 1. The number of nitrogens with two attached hydrogens (primary N) is 1. The molecule has 1 aliphatic heterocycles. The highest BCUT2D eigenvalue weighted by molar-refractivity contribution is 5.74. The van der Waals surface area contributed by atoms with Gasteiger partial charge in [0.15, 0.2) is 0 Å². The zero-order valence-electron chi connectivity index (χ0n) is 9.12. The summed E-state index contributed by atoms with van der Waals surface area (Å²) in [7, 11) is 0. The van der Waals surface area contributed by atoms with Gasteiger partial charge in [0.2, 0.25) is 0 Å². The zero-order chi connectivity index (χ0) is 10.6. The summed E-state index contributed by atoms with van der Waals surface area (Å²) in [6.07, 6.45) is 2.35. The van der Waals surface area contributed by atoms with Crippen LogP contribution < -0.4 is 11.1 Å². The molecule has 0 aromatic rings. The number of nitrogens with one attached hydrogen (secondary N) is 1. The van der Waals surface area contributed by atoms with E-state index < -0.39 is 0 Å². The van der Waals surface area contributed by atoms with E-state index in [1.165, 1.54) is 6.42 Å². The van der Waals surface area contributed by atoms with Crippen LogP contribution in [0.1, 0.15) is 26.7 Å². The fourth-order valence-corrected chi connectivity index (χ4v) is 1.73. The van der Waals surface area contributed by atoms with Crippen molar-refractivity contribution in [2.24, 2.45) is 11.7 Å². The van der Waals surface area contributed by atoms with Crippen LogP contribution in [0.5, 0.6) is 0 Å². The molecule has 1 rings (SSSR count). The average Bonchev–Trinajstić information content (AvgIpc) is 2.14. The van der Waals surface area contributed by atoms with Gasteiger partial charge < -0.3 is 16.0 Å². The lowest BCUT2D eigenvalue weighted by molar-refractivity contribution is 0.169. The number of hydrogen-bond donors (Lipinski definition) is 2. The van der Waals surface area contributed by atoms with E-state index in [1.807, 2.05) is 11.8 Å². The van der Waals surface area contributed by atoms with Crippen molar-refractivity contribution in [2.45, 2.75) is 32.7 Å². The van der Waals surface area contributed by atoms with Crippen LogP contribution >= 0.6 is 0 Å². The molecule has 0 aliphatic carbocycles. The summed E-state index contributed by atoms with van der Waals surface area (Å²) >= 11 is 0. The van der Waals surface area contributed by atoms with Crippen LogP contribution in [-0.4, -0.2) is 36.6 Å². The van der Waals surface area contributed by atoms with Crippen LogP contribution in [0.4, 0.5) is 4.79 Å². The minimum atomic E-state index is 0.0289. The number of carbonyl (C=O) groups is 1. The third kappa shape index (κ3) is 3.54. The molecule has 14 heavy (non-hydrogen) atoms. The van der Waals surface area contributed by atoms with Crippen LogP contribution in [0.2, 0.25) is 0 Å². The molecule has 2 amide bonds. The maximum absolute atomic E-state index is 11.6. The normalized spacial score (nSPS) is 24.5. The SMILES string of the molecule is CC(N)CNC(=O)N1CCCC(C)C1. The monoisotopic (exact) mass is 199 g/mol. The van der Waals surface area contributed by atoms with Gasteiger partial charge in [-0.3, -0.25) is 0 Å². The summed E-state index contributed by atoms with van der Waals surface area (Å²) < 4.78 is 0. The molecule has 1 fully saturated rings. The highest BCUT2D eigenvalue weighted by Crippen LogP contribution is 2.14. The van der Waals surface area contributed by atoms with Gasteiger partial charge in [0.25, 0.3) is 0 Å². The summed E-state index contributed by atoms with van der Waals surface area (Å²) in [6.45, 7) is 6.40. The lowest BCUT2D eigenvalue weighted by Crippen LogP contribution is -2.47. The lowest BCUT2D eigenvalue weighted by atomic mass is 10.0. The Morgan fingerprint density at radius 3 is 3.00 bits per heavy atom. The molecule has 1 heterocycles. The Balaban J connectivity index is 2.29. The first-order valence-corrected chi connectivity index (χ1v) is 5.38. The summed E-state index contributed by atoms with van der Waals surface area (Å²) in [4.78, 5) is 13.5. The second-order valence-electron chi connectivity index (χ2n) is 4.36. The standard InChI is InChI=1S/C10H21N3O/c1-8-4-3-5-13(7-8)10(14)12-6-9(2)11/h8-9H,3-7,11H2,1-2H3,(H,12,14). The molecule has 0 aromatic carbocycles. The predicted molar refractivity (Wildman–Crippen MR) is 57.0 cm³/mol. The fraction of sp³-hybridized carbons (Fsp3) is 0.900. The van der Waals surface area contributed by atoms with E-state index in [9.17, 15) is 4.79 Å². The highest BCUT2D eigenvalue weighted by Gasteiger charge is 2.20. The number of rotatable bonds is 2. The Bertz CT molecular complexity index is 194. The third-order valence-electron chi connectivity index (χ3n) is 2.52. The van der Waals surface area contributed by atoms with Crippen molar-refractivity contribution in [3.05, 3.63) is 0 Å². The van der Waals surface area contributed by atoms with Gasteiger partial charge in [-0.15, -0.1) is 0 Å². The van der Waals surface area contributed by atoms with Crippen molar-refractivity contribution < 1.29 is 4.79 Å². The van der Waals surface area contributed by atoms with E-state index in [0.29, 0.717) is 12.5 Å². The van der Waals surface area contributed by atoms with Gasteiger partial charge in [0.05, 0.1) is 0 Å². The molecule has 3 N–H and O–H groups in total. The number of likely N-dealkylation sites (tertiary alicyclic amines) is 1. The van der Waals surface area contributed by atoms with E-state index >= 15 is 0 Å². The molecular weight excluding hydrogens is 178 g/mol. The number of amides is 2. The van der Waals surface area contributed by atoms with Crippen LogP contribution in [0.3, 0.4) is 0 Å². The Hall–Kier alpha value is -0.770. The molecule has 2 unspecified atom stereocenters. The molecule has 0 aromatic heterocycles. The second-order valence-corrected chi connectivity index (χ2v) is 4.36. The molecular formula is C10H21N3O. The summed E-state index contributed by atoms with van der Waals surface area (Å²) in [5.41, 5.74) is 5.56. The van der Waals surface area contributed by atoms with Crippen molar-refractivity contribution in [2.75, 3.05) is 19.6 Å². The molecule has 4 nitrogen and oxygen atoms in total. The molecule has 2 atom stereocenters. The minimum Gasteiger partial charge on any atom is -0.336 e. The van der Waals surface area contributed by atoms with Gasteiger partial charge in [0.1, 0.15) is 0 Å². The van der Waals surface area contributed by atoms with E-state index in [4.69, 9.17) is 5.73 Å². The van der Waals surface area contributed by atoms with Crippen molar-refractivity contribution in [3.63, 3.8) is 0 Å². The average molecular weight is 199 g/mol. The molecule has 82 valence electrons. The zero-order valence-corrected chi connectivity index (χ0v) is 9.12. The maximum Gasteiger partial charge on any atom is 0.317 e. The first kappa shape index (κ1) is 11.3. The van der Waals surface area contributed by atoms with Crippen LogP contribution in [-0.2, 0) is 0 Å². The van der Waals surface area contributed by atoms with Gasteiger partial charge in [-0.2, -0.15) is 0 Å². The number of urea groups is 1. The van der Waals surface area contributed by atoms with Gasteiger partial charge in [-0.1, -0.05) is 6.92 Å². The highest BCUT2D eigenvalue weighted by atomic mass is 16.2. The number of piperidine rings is 1. The Morgan fingerprint density at radius 1 is 1.71 bits per heavy atom. The van der Waals surface area contributed by atoms with E-state index in [1.54, 1.807) is 0 Å². The van der Waals surface area contributed by atoms with Gasteiger partial charge in [-0.25, -0.2) is 4.79 Å². The number of hydrogen-bond acceptors (Lipinski definition) is 2. The van der Waals surface area contributed by atoms with E-state index in [-0.39, 0.29) is 12.1 Å². The topological polar surface area (TPSA) is 58.4 Å². The largest absolute Gasteiger partial charge is 0.336 e. The molecule has 0 bridgehead atoms. The molecule has 0 radical (unpaired) electrons. The molecule has 0 spiro atoms. The fourth-order valence-electron chi connectivity index (χ4n) is 1.73. The quantitative estimate of drug-likeness (QED) is 0.690. The summed E-state index contributed by atoms with van der Waals surface area (Å²) in [6, 6.07) is 0.0648. The summed E-state index contributed by atoms with van der Waals surface area (Å²) in [5.74, 6) is 0.629. The number of nitrogens with zero attached hydrogens (tertiary/aromatic N) is 1. The first-order valence-electron chi connectivity index (χ1n) is 5.38. The third-order valence-corrected chi connectivity index (χ3v) is 2.52. The van der Waals surface area contributed by atoms with Crippen molar-refractivity contribution in [3.8, 4) is 0 Å². The molecule has 1 saturated heterocycles. The molecule has 4 heteroatoms. The Kier molecular flexibility index (Phi) is 4.20. The second kappa shape index (κ2) is 5.20. The Morgan fingerprint density at radius 2 is 2.43 bits per heavy atom. The van der Waals surface area contributed by atoms with Crippen LogP contribution in [0, 0.1) is 5.92 Å². The van der Waals surface area contributed by atoms with Crippen molar-refractivity contribution >= 4 is 6.03 Å². The Labute approximate surface area is 85.8 Å². The van der Waals surface area contributed by atoms with Crippen LogP contribution in [0.25, 0.3) is 0 Å². The molecule has 1 aliphatic rings. The predicted octanol–water partition coefficient (Wildman–Crippen LogP) is 0.775. The lowest BCUT2D eigenvalue weighted by Gasteiger charge is -2.31. The van der Waals surface area contributed by atoms with E-state index in [0.717, 1.165) is 19.5 Å². The minimum absolute atomic E-state index is 0.0289. The van der Waals surface area contributed by atoms with Crippen LogP contribution in [0.15, 0.2) is 0 Å². The summed E-state index contributed by atoms with van der Waals surface area (Å²) in [5, 5.41) is 2.83. The maximum atomic E-state index is 11.6. The van der Waals surface area contributed by atoms with Crippen molar-refractivity contribution in [1.82, 2.24) is 10.2 Å².